The summed E-state index contributed by atoms with van der Waals surface area (Å²) in [7, 11) is 0. The normalized spacial score (nSPS) is 18.9. The molecule has 1 saturated heterocycles. The Morgan fingerprint density at radius 2 is 2.35 bits per heavy atom. The number of aromatic nitrogens is 1. The quantitative estimate of drug-likeness (QED) is 0.755. The van der Waals surface area contributed by atoms with Crippen molar-refractivity contribution in [2.75, 3.05) is 13.2 Å². The van der Waals surface area contributed by atoms with Gasteiger partial charge in [-0.2, -0.15) is 0 Å². The maximum Gasteiger partial charge on any atom is 0.261 e. The molecule has 1 aliphatic rings. The van der Waals surface area contributed by atoms with E-state index in [1.165, 1.54) is 4.90 Å². The molecule has 3 amide bonds. The van der Waals surface area contributed by atoms with E-state index in [0.29, 0.717) is 12.2 Å². The van der Waals surface area contributed by atoms with E-state index >= 15 is 0 Å². The molecular weight excluding hydrogens is 266 g/mol. The van der Waals surface area contributed by atoms with Gasteiger partial charge in [0, 0.05) is 6.07 Å². The van der Waals surface area contributed by atoms with Gasteiger partial charge in [0.15, 0.2) is 6.61 Å². The van der Waals surface area contributed by atoms with E-state index in [9.17, 15) is 14.4 Å². The van der Waals surface area contributed by atoms with Crippen LogP contribution >= 0.6 is 0 Å². The molecule has 2 rings (SSSR count). The van der Waals surface area contributed by atoms with Gasteiger partial charge in [0.25, 0.3) is 11.8 Å². The van der Waals surface area contributed by atoms with Crippen molar-refractivity contribution < 1.29 is 23.6 Å². The summed E-state index contributed by atoms with van der Waals surface area (Å²) in [5.41, 5.74) is 0. The molecule has 1 aromatic heterocycles. The summed E-state index contributed by atoms with van der Waals surface area (Å²) in [5.74, 6) is -0.650. The summed E-state index contributed by atoms with van der Waals surface area (Å²) in [4.78, 5) is 36.2. The number of piperazine rings is 1. The van der Waals surface area contributed by atoms with Crippen molar-refractivity contribution in [3.05, 3.63) is 11.8 Å². The van der Waals surface area contributed by atoms with E-state index in [4.69, 9.17) is 9.26 Å². The van der Waals surface area contributed by atoms with Crippen LogP contribution in [0.25, 0.3) is 0 Å². The lowest BCUT2D eigenvalue weighted by atomic mass is 10.1. The molecule has 1 fully saturated rings. The van der Waals surface area contributed by atoms with Crippen molar-refractivity contribution in [2.45, 2.75) is 26.3 Å². The first-order chi connectivity index (χ1) is 9.51. The Bertz CT molecular complexity index is 539. The largest absolute Gasteiger partial charge is 0.465 e. The second-order valence-corrected chi connectivity index (χ2v) is 4.42. The number of aryl methyl sites for hydroxylation is 1. The predicted molar refractivity (Wildman–Crippen MR) is 65.7 cm³/mol. The van der Waals surface area contributed by atoms with Crippen LogP contribution in [-0.4, -0.2) is 47.0 Å². The van der Waals surface area contributed by atoms with Crippen molar-refractivity contribution in [3.8, 4) is 5.88 Å². The van der Waals surface area contributed by atoms with Crippen molar-refractivity contribution in [1.82, 2.24) is 15.4 Å². The first kappa shape index (κ1) is 14.0. The van der Waals surface area contributed by atoms with E-state index in [0.717, 1.165) is 0 Å². The minimum atomic E-state index is -0.650. The van der Waals surface area contributed by atoms with E-state index in [1.54, 1.807) is 19.9 Å². The lowest BCUT2D eigenvalue weighted by molar-refractivity contribution is -0.151. The van der Waals surface area contributed by atoms with E-state index in [1.807, 2.05) is 0 Å². The standard InChI is InChI=1S/C12H15N3O5/c1-3-8-12(18)13-9(16)5-15(8)11(17)6-19-10-4-7(2)20-14-10/h4,8H,3,5-6H2,1-2H3,(H,13,16,18). The number of rotatable bonds is 4. The molecule has 0 bridgehead atoms. The Balaban J connectivity index is 1.99. The summed E-state index contributed by atoms with van der Waals surface area (Å²) in [5, 5.41) is 5.79. The van der Waals surface area contributed by atoms with Crippen molar-refractivity contribution >= 4 is 17.7 Å². The van der Waals surface area contributed by atoms with Gasteiger partial charge < -0.3 is 14.2 Å². The second-order valence-electron chi connectivity index (χ2n) is 4.42. The first-order valence-corrected chi connectivity index (χ1v) is 6.20. The van der Waals surface area contributed by atoms with Crippen LogP contribution in [0, 0.1) is 6.92 Å². The molecular formula is C12H15N3O5. The first-order valence-electron chi connectivity index (χ1n) is 6.20. The minimum absolute atomic E-state index is 0.149. The van der Waals surface area contributed by atoms with Crippen LogP contribution in [0.4, 0.5) is 0 Å². The average molecular weight is 281 g/mol. The minimum Gasteiger partial charge on any atom is -0.465 e. The zero-order chi connectivity index (χ0) is 14.7. The molecule has 1 atom stereocenters. The lowest BCUT2D eigenvalue weighted by Gasteiger charge is -2.33. The van der Waals surface area contributed by atoms with Gasteiger partial charge in [-0.25, -0.2) is 0 Å². The molecule has 1 aromatic rings. The molecule has 1 N–H and O–H groups in total. The highest BCUT2D eigenvalue weighted by Gasteiger charge is 2.35. The monoisotopic (exact) mass is 281 g/mol. The number of amides is 3. The van der Waals surface area contributed by atoms with Gasteiger partial charge in [0.1, 0.15) is 18.3 Å². The molecule has 108 valence electrons. The predicted octanol–water partition coefficient (Wildman–Crippen LogP) is -0.375. The zero-order valence-corrected chi connectivity index (χ0v) is 11.2. The molecule has 2 heterocycles. The lowest BCUT2D eigenvalue weighted by Crippen LogP contribution is -2.60. The third kappa shape index (κ3) is 2.95. The maximum absolute atomic E-state index is 12.0. The highest BCUT2D eigenvalue weighted by molar-refractivity contribution is 6.04. The molecule has 1 aliphatic heterocycles. The highest BCUT2D eigenvalue weighted by atomic mass is 16.5. The SMILES string of the molecule is CCC1C(=O)NC(=O)CN1C(=O)COc1cc(C)on1. The third-order valence-corrected chi connectivity index (χ3v) is 2.91. The Morgan fingerprint density at radius 1 is 1.60 bits per heavy atom. The molecule has 0 aromatic carbocycles. The number of carbonyl (C=O) groups is 3. The van der Waals surface area contributed by atoms with E-state index in [-0.39, 0.29) is 19.0 Å². The van der Waals surface area contributed by atoms with Crippen molar-refractivity contribution in [3.63, 3.8) is 0 Å². The van der Waals surface area contributed by atoms with Crippen LogP contribution in [0.5, 0.6) is 5.88 Å². The third-order valence-electron chi connectivity index (χ3n) is 2.91. The van der Waals surface area contributed by atoms with E-state index < -0.39 is 23.8 Å². The van der Waals surface area contributed by atoms with Gasteiger partial charge >= 0.3 is 0 Å². The van der Waals surface area contributed by atoms with Crippen LogP contribution in [0.1, 0.15) is 19.1 Å². The van der Waals surface area contributed by atoms with Crippen molar-refractivity contribution in [1.29, 1.82) is 0 Å². The Labute approximate surface area is 115 Å². The smallest absolute Gasteiger partial charge is 0.261 e. The molecule has 8 nitrogen and oxygen atoms in total. The summed E-state index contributed by atoms with van der Waals surface area (Å²) >= 11 is 0. The highest BCUT2D eigenvalue weighted by Crippen LogP contribution is 2.12. The van der Waals surface area contributed by atoms with Gasteiger partial charge in [-0.05, 0) is 18.5 Å². The summed E-state index contributed by atoms with van der Waals surface area (Å²) < 4.78 is 9.97. The number of nitrogens with zero attached hydrogens (tertiary/aromatic N) is 2. The molecule has 0 saturated carbocycles. The van der Waals surface area contributed by atoms with Crippen LogP contribution < -0.4 is 10.1 Å². The maximum atomic E-state index is 12.0. The van der Waals surface area contributed by atoms with Crippen LogP contribution in [0.15, 0.2) is 10.6 Å². The van der Waals surface area contributed by atoms with Crippen LogP contribution in [-0.2, 0) is 14.4 Å². The Hall–Kier alpha value is -2.38. The molecule has 20 heavy (non-hydrogen) atoms. The molecule has 0 aliphatic carbocycles. The number of imide groups is 1. The molecule has 0 spiro atoms. The Morgan fingerprint density at radius 3 is 2.95 bits per heavy atom. The number of nitrogens with one attached hydrogen (secondary N) is 1. The van der Waals surface area contributed by atoms with Crippen molar-refractivity contribution in [2.24, 2.45) is 0 Å². The fourth-order valence-electron chi connectivity index (χ4n) is 1.96. The van der Waals surface area contributed by atoms with Gasteiger partial charge in [-0.3, -0.25) is 19.7 Å². The second kappa shape index (κ2) is 5.72. The molecule has 0 radical (unpaired) electrons. The molecule has 1 unspecified atom stereocenters. The number of carbonyl (C=O) groups excluding carboxylic acids is 3. The zero-order valence-electron chi connectivity index (χ0n) is 11.2. The number of hydrogen-bond acceptors (Lipinski definition) is 6. The fourth-order valence-corrected chi connectivity index (χ4v) is 1.96. The van der Waals surface area contributed by atoms with Crippen LogP contribution in [0.3, 0.4) is 0 Å². The average Bonchev–Trinajstić information content (AvgIpc) is 2.81. The van der Waals surface area contributed by atoms with Gasteiger partial charge in [0.2, 0.25) is 11.8 Å². The molecule has 8 heteroatoms. The fraction of sp³-hybridized carbons (Fsp3) is 0.500. The summed E-state index contributed by atoms with van der Waals surface area (Å²) in [6, 6.07) is 0.890. The number of hydrogen-bond donors (Lipinski definition) is 1. The van der Waals surface area contributed by atoms with E-state index in [2.05, 4.69) is 10.5 Å². The summed E-state index contributed by atoms with van der Waals surface area (Å²) in [6.07, 6.45) is 0.425. The number of ether oxygens (including phenoxy) is 1. The van der Waals surface area contributed by atoms with Gasteiger partial charge in [-0.15, -0.1) is 0 Å². The summed E-state index contributed by atoms with van der Waals surface area (Å²) in [6.45, 7) is 3.01. The Kier molecular flexibility index (Phi) is 4.02. The van der Waals surface area contributed by atoms with Crippen LogP contribution in [0.2, 0.25) is 0 Å². The van der Waals surface area contributed by atoms with Gasteiger partial charge in [-0.1, -0.05) is 6.92 Å². The topological polar surface area (TPSA) is 102 Å². The van der Waals surface area contributed by atoms with Gasteiger partial charge in [0.05, 0.1) is 0 Å².